The molecule has 0 radical (unpaired) electrons. The van der Waals surface area contributed by atoms with Gasteiger partial charge in [0.05, 0.1) is 6.04 Å². The topological polar surface area (TPSA) is 107 Å². The number of carbonyl (C=O) groups is 2. The Labute approximate surface area is 148 Å². The molecule has 2 rings (SSSR count). The number of anilines is 1. The van der Waals surface area contributed by atoms with Gasteiger partial charge in [-0.1, -0.05) is 29.3 Å². The molecular weight excluding hydrogens is 355 g/mol. The maximum absolute atomic E-state index is 11.9. The van der Waals surface area contributed by atoms with Gasteiger partial charge in [0.25, 0.3) is 5.91 Å². The Balaban J connectivity index is 1.91. The Hall–Kier alpha value is -2.38. The molecule has 2 aromatic rings. The van der Waals surface area contributed by atoms with Crippen LogP contribution in [0, 0.1) is 0 Å². The molecule has 0 saturated heterocycles. The number of carbonyl (C=O) groups excluding carboxylic acids is 2. The first-order valence-corrected chi connectivity index (χ1v) is 7.62. The quantitative estimate of drug-likeness (QED) is 0.784. The van der Waals surface area contributed by atoms with Crippen LogP contribution in [0.2, 0.25) is 10.0 Å². The summed E-state index contributed by atoms with van der Waals surface area (Å²) in [6.07, 6.45) is 2.65. The first kappa shape index (κ1) is 18.0. The highest BCUT2D eigenvalue weighted by molar-refractivity contribution is 6.35. The van der Waals surface area contributed by atoms with Gasteiger partial charge in [0.2, 0.25) is 0 Å². The molecule has 9 heteroatoms. The van der Waals surface area contributed by atoms with E-state index >= 15 is 0 Å². The number of nitrogens with zero attached hydrogens (tertiary/aromatic N) is 2. The summed E-state index contributed by atoms with van der Waals surface area (Å²) >= 11 is 11.9. The highest BCUT2D eigenvalue weighted by atomic mass is 35.5. The molecule has 1 aromatic heterocycles. The summed E-state index contributed by atoms with van der Waals surface area (Å²) in [5.74, 6) is -1.39. The van der Waals surface area contributed by atoms with Crippen molar-refractivity contribution in [2.75, 3.05) is 12.3 Å². The summed E-state index contributed by atoms with van der Waals surface area (Å²) in [6.45, 7) is 1.26. The van der Waals surface area contributed by atoms with E-state index < -0.39 is 18.5 Å². The first-order valence-electron chi connectivity index (χ1n) is 6.86. The fourth-order valence-corrected chi connectivity index (χ4v) is 2.49. The number of esters is 1. The number of nitrogen functional groups attached to an aromatic ring is 1. The van der Waals surface area contributed by atoms with Gasteiger partial charge >= 0.3 is 5.97 Å². The Morgan fingerprint density at radius 3 is 2.67 bits per heavy atom. The lowest BCUT2D eigenvalue weighted by Gasteiger charge is -2.16. The second kappa shape index (κ2) is 7.94. The van der Waals surface area contributed by atoms with E-state index in [1.807, 2.05) is 0 Å². The van der Waals surface area contributed by atoms with Gasteiger partial charge in [-0.05, 0) is 24.6 Å². The zero-order valence-corrected chi connectivity index (χ0v) is 14.1. The van der Waals surface area contributed by atoms with Gasteiger partial charge in [-0.2, -0.15) is 0 Å². The standard InChI is InChI=1S/C15H14Cl2N4O3/c1-8(10-3-2-9(16)6-11(10)17)21-12(22)7-24-15(23)13-14(18)20-5-4-19-13/h2-6,8H,7H2,1H3,(H2,18,20)(H,21,22). The molecule has 1 amide bonds. The van der Waals surface area contributed by atoms with Gasteiger partial charge in [-0.15, -0.1) is 0 Å². The smallest absolute Gasteiger partial charge is 0.361 e. The number of nitrogens with two attached hydrogens (primary N) is 1. The highest BCUT2D eigenvalue weighted by Crippen LogP contribution is 2.25. The number of hydrogen-bond acceptors (Lipinski definition) is 6. The molecule has 0 aliphatic carbocycles. The van der Waals surface area contributed by atoms with Crippen molar-refractivity contribution in [2.45, 2.75) is 13.0 Å². The number of aromatic nitrogens is 2. The molecule has 0 aliphatic heterocycles. The van der Waals surface area contributed by atoms with Crippen molar-refractivity contribution < 1.29 is 14.3 Å². The van der Waals surface area contributed by atoms with Crippen molar-refractivity contribution in [1.82, 2.24) is 15.3 Å². The normalized spacial score (nSPS) is 11.6. The van der Waals surface area contributed by atoms with Crippen LogP contribution in [0.25, 0.3) is 0 Å². The summed E-state index contributed by atoms with van der Waals surface area (Å²) in [5, 5.41) is 3.60. The van der Waals surface area contributed by atoms with Crippen LogP contribution in [0.5, 0.6) is 0 Å². The number of amides is 1. The van der Waals surface area contributed by atoms with E-state index in [1.165, 1.54) is 12.4 Å². The average Bonchev–Trinajstić information content (AvgIpc) is 2.52. The first-order chi connectivity index (χ1) is 11.4. The number of rotatable bonds is 5. The van der Waals surface area contributed by atoms with Crippen LogP contribution in [0.4, 0.5) is 5.82 Å². The minimum absolute atomic E-state index is 0.0655. The monoisotopic (exact) mass is 368 g/mol. The van der Waals surface area contributed by atoms with Crippen molar-refractivity contribution >= 4 is 40.9 Å². The largest absolute Gasteiger partial charge is 0.451 e. The molecule has 0 aliphatic rings. The molecule has 0 bridgehead atoms. The van der Waals surface area contributed by atoms with Gasteiger partial charge < -0.3 is 15.8 Å². The number of halogens is 2. The van der Waals surface area contributed by atoms with Crippen LogP contribution in [0.1, 0.15) is 29.0 Å². The Morgan fingerprint density at radius 1 is 1.29 bits per heavy atom. The van der Waals surface area contributed by atoms with Crippen LogP contribution in [0.15, 0.2) is 30.6 Å². The lowest BCUT2D eigenvalue weighted by Crippen LogP contribution is -2.31. The minimum atomic E-state index is -0.826. The molecule has 3 N–H and O–H groups in total. The van der Waals surface area contributed by atoms with Crippen LogP contribution >= 0.6 is 23.2 Å². The summed E-state index contributed by atoms with van der Waals surface area (Å²) < 4.78 is 4.87. The van der Waals surface area contributed by atoms with E-state index in [9.17, 15) is 9.59 Å². The molecule has 7 nitrogen and oxygen atoms in total. The highest BCUT2D eigenvalue weighted by Gasteiger charge is 2.17. The third-order valence-electron chi connectivity index (χ3n) is 3.06. The number of benzene rings is 1. The Kier molecular flexibility index (Phi) is 5.94. The van der Waals surface area contributed by atoms with Crippen LogP contribution in [0.3, 0.4) is 0 Å². The summed E-state index contributed by atoms with van der Waals surface area (Å²) in [7, 11) is 0. The molecule has 126 valence electrons. The number of hydrogen-bond donors (Lipinski definition) is 2. The maximum Gasteiger partial charge on any atom is 0.361 e. The third-order valence-corrected chi connectivity index (χ3v) is 3.62. The number of nitrogens with one attached hydrogen (secondary N) is 1. The van der Waals surface area contributed by atoms with E-state index in [4.69, 9.17) is 33.7 Å². The molecule has 1 heterocycles. The summed E-state index contributed by atoms with van der Waals surface area (Å²) in [4.78, 5) is 31.2. The molecule has 1 atom stereocenters. The van der Waals surface area contributed by atoms with Gasteiger partial charge in [0.15, 0.2) is 18.1 Å². The fourth-order valence-electron chi connectivity index (χ4n) is 1.92. The van der Waals surface area contributed by atoms with Crippen LogP contribution < -0.4 is 11.1 Å². The van der Waals surface area contributed by atoms with E-state index in [-0.39, 0.29) is 17.6 Å². The van der Waals surface area contributed by atoms with E-state index in [0.29, 0.717) is 15.6 Å². The van der Waals surface area contributed by atoms with Crippen molar-refractivity contribution in [3.05, 3.63) is 51.9 Å². The van der Waals surface area contributed by atoms with Crippen molar-refractivity contribution in [2.24, 2.45) is 0 Å². The Morgan fingerprint density at radius 2 is 2.00 bits per heavy atom. The number of ether oxygens (including phenoxy) is 1. The van der Waals surface area contributed by atoms with Gasteiger partial charge in [-0.25, -0.2) is 14.8 Å². The second-order valence-corrected chi connectivity index (χ2v) is 5.66. The molecular formula is C15H14Cl2N4O3. The molecule has 1 unspecified atom stereocenters. The van der Waals surface area contributed by atoms with Crippen molar-refractivity contribution in [3.63, 3.8) is 0 Å². The van der Waals surface area contributed by atoms with E-state index in [2.05, 4.69) is 15.3 Å². The van der Waals surface area contributed by atoms with Crippen molar-refractivity contribution in [1.29, 1.82) is 0 Å². The zero-order valence-electron chi connectivity index (χ0n) is 12.6. The van der Waals surface area contributed by atoms with Gasteiger partial charge in [0.1, 0.15) is 0 Å². The predicted octanol–water partition coefficient (Wildman–Crippen LogP) is 2.40. The molecule has 0 spiro atoms. The minimum Gasteiger partial charge on any atom is -0.451 e. The van der Waals surface area contributed by atoms with E-state index in [0.717, 1.165) is 0 Å². The second-order valence-electron chi connectivity index (χ2n) is 4.82. The molecule has 1 aromatic carbocycles. The van der Waals surface area contributed by atoms with E-state index in [1.54, 1.807) is 25.1 Å². The zero-order chi connectivity index (χ0) is 17.7. The third kappa shape index (κ3) is 4.56. The summed E-state index contributed by atoms with van der Waals surface area (Å²) in [6, 6.07) is 4.57. The average molecular weight is 369 g/mol. The predicted molar refractivity (Wildman–Crippen MR) is 89.7 cm³/mol. The molecule has 24 heavy (non-hydrogen) atoms. The molecule has 0 fully saturated rings. The maximum atomic E-state index is 11.9. The Bertz CT molecular complexity index is 770. The van der Waals surface area contributed by atoms with Gasteiger partial charge in [0, 0.05) is 22.4 Å². The lowest BCUT2D eigenvalue weighted by molar-refractivity contribution is -0.124. The van der Waals surface area contributed by atoms with Gasteiger partial charge in [-0.3, -0.25) is 4.79 Å². The van der Waals surface area contributed by atoms with Crippen LogP contribution in [-0.2, 0) is 9.53 Å². The summed E-state index contributed by atoms with van der Waals surface area (Å²) in [5.41, 5.74) is 6.07. The van der Waals surface area contributed by atoms with Crippen molar-refractivity contribution in [3.8, 4) is 0 Å². The lowest BCUT2D eigenvalue weighted by atomic mass is 10.1. The van der Waals surface area contributed by atoms with Crippen LogP contribution in [-0.4, -0.2) is 28.5 Å². The molecule has 0 saturated carbocycles. The fraction of sp³-hybridized carbons (Fsp3) is 0.200. The SMILES string of the molecule is CC(NC(=O)COC(=O)c1nccnc1N)c1ccc(Cl)cc1Cl.